The largest absolute Gasteiger partial charge is 0.394 e. The molecular weight excluding hydrogens is 316 g/mol. The summed E-state index contributed by atoms with van der Waals surface area (Å²) in [6, 6.07) is 0. The van der Waals surface area contributed by atoms with Crippen molar-refractivity contribution in [2.24, 2.45) is 0 Å². The van der Waals surface area contributed by atoms with E-state index in [1.54, 1.807) is 0 Å². The van der Waals surface area contributed by atoms with Gasteiger partial charge in [-0.25, -0.2) is 0 Å². The average molecular weight is 340 g/mol. The summed E-state index contributed by atoms with van der Waals surface area (Å²) in [5.41, 5.74) is 0. The number of rotatable bonds is 6. The molecule has 0 aromatic carbocycles. The Kier molecular flexibility index (Phi) is 6.68. The summed E-state index contributed by atoms with van der Waals surface area (Å²) in [6.45, 7) is -1.30. The number of hydrogen-bond acceptors (Lipinski definition) is 10. The third kappa shape index (κ3) is 3.99. The van der Waals surface area contributed by atoms with Gasteiger partial charge in [-0.15, -0.1) is 0 Å². The van der Waals surface area contributed by atoms with Crippen molar-refractivity contribution in [2.75, 3.05) is 26.4 Å². The van der Waals surface area contributed by atoms with Crippen LogP contribution in [-0.2, 0) is 14.2 Å². The molecular formula is C13H24O10. The summed E-state index contributed by atoms with van der Waals surface area (Å²) in [5.74, 6) is 0. The van der Waals surface area contributed by atoms with Gasteiger partial charge < -0.3 is 50.0 Å². The molecule has 7 N–H and O–H groups in total. The van der Waals surface area contributed by atoms with Gasteiger partial charge in [0.15, 0.2) is 0 Å². The summed E-state index contributed by atoms with van der Waals surface area (Å²) in [7, 11) is 0. The van der Waals surface area contributed by atoms with Gasteiger partial charge in [-0.3, -0.25) is 0 Å². The van der Waals surface area contributed by atoms with Crippen LogP contribution in [-0.4, -0.2) is 117 Å². The van der Waals surface area contributed by atoms with Crippen molar-refractivity contribution in [2.45, 2.75) is 54.9 Å². The Hall–Kier alpha value is -0.400. The fourth-order valence-electron chi connectivity index (χ4n) is 2.73. The molecule has 2 aliphatic heterocycles. The highest BCUT2D eigenvalue weighted by Gasteiger charge is 2.45. The first kappa shape index (κ1) is 18.9. The van der Waals surface area contributed by atoms with Gasteiger partial charge in [-0.2, -0.15) is 0 Å². The predicted octanol–water partition coefficient (Wildman–Crippen LogP) is -4.67. The summed E-state index contributed by atoms with van der Waals surface area (Å²) >= 11 is 0. The molecule has 2 heterocycles. The van der Waals surface area contributed by atoms with Gasteiger partial charge in [0.2, 0.25) is 0 Å². The van der Waals surface area contributed by atoms with E-state index in [-0.39, 0.29) is 13.2 Å². The van der Waals surface area contributed by atoms with Crippen LogP contribution in [0.5, 0.6) is 0 Å². The minimum atomic E-state index is -1.48. The predicted molar refractivity (Wildman–Crippen MR) is 72.3 cm³/mol. The van der Waals surface area contributed by atoms with Crippen molar-refractivity contribution in [3.05, 3.63) is 0 Å². The highest BCUT2D eigenvalue weighted by atomic mass is 16.6. The molecule has 10 nitrogen and oxygen atoms in total. The van der Waals surface area contributed by atoms with Crippen molar-refractivity contribution in [1.82, 2.24) is 0 Å². The van der Waals surface area contributed by atoms with Crippen LogP contribution in [0.2, 0.25) is 0 Å². The number of ether oxygens (including phenoxy) is 3. The lowest BCUT2D eigenvalue weighted by molar-refractivity contribution is -0.240. The summed E-state index contributed by atoms with van der Waals surface area (Å²) in [5, 5.41) is 66.6. The summed E-state index contributed by atoms with van der Waals surface area (Å²) < 4.78 is 15.8. The zero-order valence-corrected chi connectivity index (χ0v) is 12.4. The molecule has 2 aliphatic rings. The lowest BCUT2D eigenvalue weighted by atomic mass is 9.95. The van der Waals surface area contributed by atoms with Crippen LogP contribution in [0.4, 0.5) is 0 Å². The van der Waals surface area contributed by atoms with Gasteiger partial charge in [0.1, 0.15) is 54.9 Å². The van der Waals surface area contributed by atoms with Gasteiger partial charge in [-0.05, 0) is 0 Å². The van der Waals surface area contributed by atoms with Crippen LogP contribution >= 0.6 is 0 Å². The Bertz CT molecular complexity index is 367. The van der Waals surface area contributed by atoms with Crippen LogP contribution in [0, 0.1) is 0 Å². The van der Waals surface area contributed by atoms with Crippen LogP contribution in [0.15, 0.2) is 0 Å². The molecule has 9 unspecified atom stereocenters. The van der Waals surface area contributed by atoms with Crippen molar-refractivity contribution < 1.29 is 50.0 Å². The van der Waals surface area contributed by atoms with E-state index >= 15 is 0 Å². The molecule has 2 fully saturated rings. The van der Waals surface area contributed by atoms with Gasteiger partial charge in [0.05, 0.1) is 26.4 Å². The van der Waals surface area contributed by atoms with E-state index in [9.17, 15) is 25.5 Å². The van der Waals surface area contributed by atoms with E-state index in [0.717, 1.165) is 0 Å². The zero-order chi connectivity index (χ0) is 17.1. The first-order chi connectivity index (χ1) is 10.9. The number of hydrogen-bond donors (Lipinski definition) is 7. The maximum Gasteiger partial charge on any atom is 0.111 e. The molecule has 0 aliphatic carbocycles. The van der Waals surface area contributed by atoms with E-state index in [4.69, 9.17) is 24.4 Å². The lowest BCUT2D eigenvalue weighted by Gasteiger charge is -2.40. The van der Waals surface area contributed by atoms with E-state index in [2.05, 4.69) is 0 Å². The fraction of sp³-hybridized carbons (Fsp3) is 1.00. The highest BCUT2D eigenvalue weighted by Crippen LogP contribution is 2.23. The van der Waals surface area contributed by atoms with E-state index in [1.807, 2.05) is 0 Å². The topological polar surface area (TPSA) is 169 Å². The van der Waals surface area contributed by atoms with Gasteiger partial charge >= 0.3 is 0 Å². The molecule has 2 saturated heterocycles. The van der Waals surface area contributed by atoms with Crippen molar-refractivity contribution in [1.29, 1.82) is 0 Å². The third-order valence-electron chi connectivity index (χ3n) is 4.20. The average Bonchev–Trinajstić information content (AvgIpc) is 2.82. The molecule has 0 saturated carbocycles. The van der Waals surface area contributed by atoms with Crippen LogP contribution < -0.4 is 0 Å². The second kappa shape index (κ2) is 8.12. The van der Waals surface area contributed by atoms with E-state index < -0.39 is 68.1 Å². The molecule has 23 heavy (non-hydrogen) atoms. The standard InChI is InChI=1S/C13H24O10/c14-1-5-9(16)11(18)7(22-5)3-21-4-8-12(19)13(20)10(17)6(2-15)23-8/h5-20H,1-4H2. The Labute approximate surface area is 132 Å². The molecule has 0 radical (unpaired) electrons. The lowest BCUT2D eigenvalue weighted by Crippen LogP contribution is -2.59. The van der Waals surface area contributed by atoms with Crippen molar-refractivity contribution in [3.63, 3.8) is 0 Å². The summed E-state index contributed by atoms with van der Waals surface area (Å²) in [4.78, 5) is 0. The quantitative estimate of drug-likeness (QED) is 0.249. The van der Waals surface area contributed by atoms with Crippen molar-refractivity contribution >= 4 is 0 Å². The SMILES string of the molecule is OCC1OC(COCC2OC(CO)C(O)C(O)C2O)C(O)C1O. The van der Waals surface area contributed by atoms with Crippen LogP contribution in [0.25, 0.3) is 0 Å². The molecule has 0 aromatic rings. The summed E-state index contributed by atoms with van der Waals surface area (Å²) in [6.07, 6.45) is -10.5. The van der Waals surface area contributed by atoms with Gasteiger partial charge in [0.25, 0.3) is 0 Å². The minimum absolute atomic E-state index is 0.135. The van der Waals surface area contributed by atoms with Crippen LogP contribution in [0.1, 0.15) is 0 Å². The Morgan fingerprint density at radius 2 is 0.913 bits per heavy atom. The molecule has 2 rings (SSSR count). The van der Waals surface area contributed by atoms with Crippen LogP contribution in [0.3, 0.4) is 0 Å². The second-order valence-corrected chi connectivity index (χ2v) is 5.78. The molecule has 136 valence electrons. The molecule has 0 spiro atoms. The maximum absolute atomic E-state index is 9.84. The third-order valence-corrected chi connectivity index (χ3v) is 4.20. The Morgan fingerprint density at radius 1 is 0.565 bits per heavy atom. The normalized spacial score (nSPS) is 47.9. The second-order valence-electron chi connectivity index (χ2n) is 5.78. The minimum Gasteiger partial charge on any atom is -0.394 e. The fourth-order valence-corrected chi connectivity index (χ4v) is 2.73. The first-order valence-corrected chi connectivity index (χ1v) is 7.41. The van der Waals surface area contributed by atoms with E-state index in [1.165, 1.54) is 0 Å². The van der Waals surface area contributed by atoms with Crippen molar-refractivity contribution in [3.8, 4) is 0 Å². The molecule has 9 atom stereocenters. The molecule has 10 heteroatoms. The number of aliphatic hydroxyl groups excluding tert-OH is 7. The first-order valence-electron chi connectivity index (χ1n) is 7.41. The monoisotopic (exact) mass is 340 g/mol. The molecule has 0 aromatic heterocycles. The zero-order valence-electron chi connectivity index (χ0n) is 12.4. The smallest absolute Gasteiger partial charge is 0.111 e. The highest BCUT2D eigenvalue weighted by molar-refractivity contribution is 4.93. The van der Waals surface area contributed by atoms with Gasteiger partial charge in [-0.1, -0.05) is 0 Å². The van der Waals surface area contributed by atoms with E-state index in [0.29, 0.717) is 0 Å². The Morgan fingerprint density at radius 3 is 1.35 bits per heavy atom. The maximum atomic E-state index is 9.84. The Balaban J connectivity index is 1.81. The molecule has 0 amide bonds. The van der Waals surface area contributed by atoms with Gasteiger partial charge in [0, 0.05) is 0 Å². The number of aliphatic hydroxyl groups is 7. The molecule has 0 bridgehead atoms.